The minimum absolute atomic E-state index is 0.0818. The number of carbonyl (C=O) groups excluding carboxylic acids is 2. The highest BCUT2D eigenvalue weighted by Gasteiger charge is 2.24. The van der Waals surface area contributed by atoms with E-state index in [9.17, 15) is 14.0 Å². The number of benzene rings is 3. The average Bonchev–Trinajstić information content (AvgIpc) is 3.01. The van der Waals surface area contributed by atoms with Crippen LogP contribution in [0.5, 0.6) is 17.2 Å². The van der Waals surface area contributed by atoms with Crippen LogP contribution in [0.3, 0.4) is 0 Å². The van der Waals surface area contributed by atoms with Crippen molar-refractivity contribution in [2.45, 2.75) is 25.9 Å². The quantitative estimate of drug-likeness (QED) is 0.240. The third-order valence-corrected chi connectivity index (χ3v) is 7.21. The van der Waals surface area contributed by atoms with E-state index >= 15 is 0 Å². The number of hydrogen-bond donors (Lipinski definition) is 2. The second-order valence-corrected chi connectivity index (χ2v) is 10.0. The van der Waals surface area contributed by atoms with Gasteiger partial charge in [-0.1, -0.05) is 18.7 Å². The molecule has 0 aliphatic carbocycles. The molecule has 0 unspecified atom stereocenters. The summed E-state index contributed by atoms with van der Waals surface area (Å²) in [6.07, 6.45) is 4.03. The molecule has 2 N–H and O–H groups in total. The fraction of sp³-hybridized carbons (Fsp3) is 0.250. The largest absolute Gasteiger partial charge is 0.495 e. The molecular formula is C32H32FN5O5. The fourth-order valence-electron chi connectivity index (χ4n) is 5.02. The van der Waals surface area contributed by atoms with Crippen molar-refractivity contribution in [3.05, 3.63) is 73.3 Å². The van der Waals surface area contributed by atoms with E-state index in [1.807, 2.05) is 18.2 Å². The topological polar surface area (TPSA) is 115 Å². The predicted octanol–water partition coefficient (Wildman–Crippen LogP) is 5.71. The molecule has 3 aromatic carbocycles. The van der Waals surface area contributed by atoms with E-state index in [2.05, 4.69) is 27.2 Å². The molecule has 11 heteroatoms. The molecule has 1 aromatic heterocycles. The van der Waals surface area contributed by atoms with Gasteiger partial charge in [-0.25, -0.2) is 14.4 Å². The third kappa shape index (κ3) is 6.50. The molecule has 1 aliphatic rings. The van der Waals surface area contributed by atoms with Crippen LogP contribution in [0.25, 0.3) is 22.0 Å². The summed E-state index contributed by atoms with van der Waals surface area (Å²) in [6.45, 7) is 6.06. The van der Waals surface area contributed by atoms with Gasteiger partial charge < -0.3 is 29.7 Å². The molecule has 1 fully saturated rings. The number of amides is 2. The van der Waals surface area contributed by atoms with Gasteiger partial charge in [0.15, 0.2) is 11.5 Å². The van der Waals surface area contributed by atoms with E-state index in [-0.39, 0.29) is 23.6 Å². The van der Waals surface area contributed by atoms with Crippen molar-refractivity contribution in [1.29, 1.82) is 0 Å². The number of fused-ring (bicyclic) bond motifs is 1. The van der Waals surface area contributed by atoms with Crippen LogP contribution in [0.15, 0.2) is 67.5 Å². The van der Waals surface area contributed by atoms with E-state index in [1.165, 1.54) is 25.4 Å². The summed E-state index contributed by atoms with van der Waals surface area (Å²) in [5, 5.41) is 6.57. The standard InChI is InChI=1S/C32H32FN5O5/c1-5-31(40)38-12-10-22(11-13-38)43-30-16-23-25(17-29(30)42-4)34-18-35-32(23)37-27-15-21(7-9-28(27)41-3)20-6-8-24(33)26(14-20)36-19(2)39/h5-9,14-18,22H,1,10-13H2,2-4H3,(H,36,39)(H,34,35,37). The van der Waals surface area contributed by atoms with Gasteiger partial charge in [0.25, 0.3) is 0 Å². The first kappa shape index (κ1) is 29.3. The minimum Gasteiger partial charge on any atom is -0.495 e. The Balaban J connectivity index is 1.46. The summed E-state index contributed by atoms with van der Waals surface area (Å²) < 4.78 is 31.9. The predicted molar refractivity (Wildman–Crippen MR) is 162 cm³/mol. The second kappa shape index (κ2) is 12.8. The molecule has 0 bridgehead atoms. The number of rotatable bonds is 9. The lowest BCUT2D eigenvalue weighted by Gasteiger charge is -2.31. The number of halogens is 1. The number of anilines is 3. The Labute approximate surface area is 248 Å². The maximum absolute atomic E-state index is 14.3. The van der Waals surface area contributed by atoms with Crippen LogP contribution in [0.2, 0.25) is 0 Å². The van der Waals surface area contributed by atoms with Crippen molar-refractivity contribution in [3.8, 4) is 28.4 Å². The number of likely N-dealkylation sites (tertiary alicyclic amines) is 1. The minimum atomic E-state index is -0.525. The molecule has 2 amide bonds. The van der Waals surface area contributed by atoms with E-state index in [0.717, 1.165) is 5.56 Å². The number of nitrogens with zero attached hydrogens (tertiary/aromatic N) is 3. The molecular weight excluding hydrogens is 553 g/mol. The van der Waals surface area contributed by atoms with Crippen LogP contribution in [0.4, 0.5) is 21.6 Å². The van der Waals surface area contributed by atoms with Crippen LogP contribution in [0, 0.1) is 5.82 Å². The fourth-order valence-corrected chi connectivity index (χ4v) is 5.02. The van der Waals surface area contributed by atoms with Gasteiger partial charge in [-0.15, -0.1) is 0 Å². The van der Waals surface area contributed by atoms with E-state index in [4.69, 9.17) is 14.2 Å². The van der Waals surface area contributed by atoms with Gasteiger partial charge >= 0.3 is 0 Å². The van der Waals surface area contributed by atoms with Crippen molar-refractivity contribution in [2.24, 2.45) is 0 Å². The maximum atomic E-state index is 14.3. The highest BCUT2D eigenvalue weighted by molar-refractivity contribution is 5.94. The van der Waals surface area contributed by atoms with Crippen LogP contribution in [-0.2, 0) is 9.59 Å². The van der Waals surface area contributed by atoms with E-state index < -0.39 is 5.82 Å². The van der Waals surface area contributed by atoms with E-state index in [1.54, 1.807) is 43.4 Å². The molecule has 0 radical (unpaired) electrons. The molecule has 0 saturated carbocycles. The molecule has 5 rings (SSSR count). The Morgan fingerprint density at radius 3 is 2.33 bits per heavy atom. The van der Waals surface area contributed by atoms with Crippen molar-refractivity contribution in [3.63, 3.8) is 0 Å². The highest BCUT2D eigenvalue weighted by Crippen LogP contribution is 2.38. The van der Waals surface area contributed by atoms with E-state index in [0.29, 0.717) is 71.2 Å². The Hall–Kier alpha value is -5.19. The van der Waals surface area contributed by atoms with Crippen molar-refractivity contribution in [2.75, 3.05) is 37.9 Å². The lowest BCUT2D eigenvalue weighted by molar-refractivity contribution is -0.127. The second-order valence-electron chi connectivity index (χ2n) is 10.0. The number of ether oxygens (including phenoxy) is 3. The lowest BCUT2D eigenvalue weighted by atomic mass is 10.0. The van der Waals surface area contributed by atoms with Crippen molar-refractivity contribution in [1.82, 2.24) is 14.9 Å². The van der Waals surface area contributed by atoms with Gasteiger partial charge in [0, 0.05) is 44.3 Å². The van der Waals surface area contributed by atoms with Crippen molar-refractivity contribution < 1.29 is 28.2 Å². The van der Waals surface area contributed by atoms with Crippen LogP contribution in [-0.4, -0.2) is 60.1 Å². The summed E-state index contributed by atoms with van der Waals surface area (Å²) in [5.74, 6) is 1.18. The van der Waals surface area contributed by atoms with Crippen LogP contribution >= 0.6 is 0 Å². The van der Waals surface area contributed by atoms with Gasteiger partial charge in [-0.3, -0.25) is 9.59 Å². The highest BCUT2D eigenvalue weighted by atomic mass is 19.1. The van der Waals surface area contributed by atoms with Crippen LogP contribution < -0.4 is 24.8 Å². The third-order valence-electron chi connectivity index (χ3n) is 7.21. The summed E-state index contributed by atoms with van der Waals surface area (Å²) in [7, 11) is 3.14. The molecule has 0 atom stereocenters. The molecule has 4 aromatic rings. The van der Waals surface area contributed by atoms with Gasteiger partial charge in [-0.2, -0.15) is 0 Å². The molecule has 222 valence electrons. The van der Waals surface area contributed by atoms with Gasteiger partial charge in [-0.05, 0) is 47.5 Å². The zero-order valence-electron chi connectivity index (χ0n) is 24.1. The SMILES string of the molecule is C=CC(=O)N1CCC(Oc2cc3c(Nc4cc(-c5ccc(F)c(NC(C)=O)c5)ccc4OC)ncnc3cc2OC)CC1. The number of hydrogen-bond acceptors (Lipinski definition) is 8. The Bertz CT molecular complexity index is 1690. The summed E-state index contributed by atoms with van der Waals surface area (Å²) >= 11 is 0. The zero-order valence-corrected chi connectivity index (χ0v) is 24.1. The normalized spacial score (nSPS) is 13.3. The number of methoxy groups -OCH3 is 2. The lowest BCUT2D eigenvalue weighted by Crippen LogP contribution is -2.41. The van der Waals surface area contributed by atoms with Gasteiger partial charge in [0.05, 0.1) is 31.1 Å². The average molecular weight is 586 g/mol. The first-order valence-electron chi connectivity index (χ1n) is 13.7. The Morgan fingerprint density at radius 1 is 0.953 bits per heavy atom. The van der Waals surface area contributed by atoms with Crippen molar-refractivity contribution >= 4 is 39.9 Å². The smallest absolute Gasteiger partial charge is 0.245 e. The number of aromatic nitrogens is 2. The molecule has 1 aliphatic heterocycles. The summed E-state index contributed by atoms with van der Waals surface area (Å²) in [4.78, 5) is 34.2. The number of piperidine rings is 1. The Kier molecular flexibility index (Phi) is 8.70. The summed E-state index contributed by atoms with van der Waals surface area (Å²) in [6, 6.07) is 13.7. The monoisotopic (exact) mass is 585 g/mol. The number of nitrogens with one attached hydrogen (secondary N) is 2. The zero-order chi connectivity index (χ0) is 30.5. The van der Waals surface area contributed by atoms with Gasteiger partial charge in [0.1, 0.15) is 29.8 Å². The Morgan fingerprint density at radius 2 is 1.65 bits per heavy atom. The molecule has 43 heavy (non-hydrogen) atoms. The first-order valence-corrected chi connectivity index (χ1v) is 13.7. The molecule has 2 heterocycles. The maximum Gasteiger partial charge on any atom is 0.245 e. The molecule has 1 saturated heterocycles. The molecule has 10 nitrogen and oxygen atoms in total. The first-order chi connectivity index (χ1) is 20.8. The number of carbonyl (C=O) groups is 2. The van der Waals surface area contributed by atoms with Gasteiger partial charge in [0.2, 0.25) is 11.8 Å². The summed E-state index contributed by atoms with van der Waals surface area (Å²) in [5.41, 5.74) is 2.81. The van der Waals surface area contributed by atoms with Crippen LogP contribution in [0.1, 0.15) is 19.8 Å². The molecule has 0 spiro atoms.